The van der Waals surface area contributed by atoms with Gasteiger partial charge < -0.3 is 37.9 Å². The van der Waals surface area contributed by atoms with Crippen LogP contribution < -0.4 is 18.9 Å². The van der Waals surface area contributed by atoms with E-state index in [-0.39, 0.29) is 78.3 Å². The molecule has 0 aliphatic carbocycles. The van der Waals surface area contributed by atoms with Gasteiger partial charge >= 0.3 is 24.2 Å². The average Bonchev–Trinajstić information content (AvgIpc) is 3.25. The summed E-state index contributed by atoms with van der Waals surface area (Å²) < 4.78 is 45.8. The molecule has 0 unspecified atom stereocenters. The maximum absolute atomic E-state index is 12.9. The van der Waals surface area contributed by atoms with Crippen molar-refractivity contribution in [1.29, 1.82) is 0 Å². The Kier molecular flexibility index (Phi) is 19.9. The highest BCUT2D eigenvalue weighted by Crippen LogP contribution is 2.43. The number of hydrogen-bond donors (Lipinski definition) is 0. The second-order valence-electron chi connectivity index (χ2n) is 26.0. The maximum Gasteiger partial charge on any atom is 0.514 e. The van der Waals surface area contributed by atoms with E-state index in [1.165, 1.54) is 0 Å². The van der Waals surface area contributed by atoms with Gasteiger partial charge in [-0.25, -0.2) is 9.59 Å². The zero-order valence-corrected chi connectivity index (χ0v) is 49.0. The lowest BCUT2D eigenvalue weighted by molar-refractivity contribution is -0.145. The Bertz CT molecular complexity index is 2330. The van der Waals surface area contributed by atoms with Crippen molar-refractivity contribution in [2.75, 3.05) is 26.4 Å². The minimum Gasteiger partial charge on any atom is -0.490 e. The molecule has 12 nitrogen and oxygen atoms in total. The first-order valence-electron chi connectivity index (χ1n) is 26.3. The fourth-order valence-electron chi connectivity index (χ4n) is 8.19. The fourth-order valence-corrected chi connectivity index (χ4v) is 8.19. The number of benzene rings is 4. The normalized spacial score (nSPS) is 12.6. The second-order valence-corrected chi connectivity index (χ2v) is 26.0. The molecule has 0 N–H and O–H groups in total. The number of carbonyl (C=O) groups excluding carboxylic acids is 4. The lowest BCUT2D eigenvalue weighted by atomic mass is 9.78. The second kappa shape index (κ2) is 24.3. The molecule has 0 fully saturated rings. The molecule has 0 saturated heterocycles. The lowest BCUT2D eigenvalue weighted by Crippen LogP contribution is -2.28. The van der Waals surface area contributed by atoms with Crippen molar-refractivity contribution in [1.82, 2.24) is 0 Å². The van der Waals surface area contributed by atoms with Crippen LogP contribution in [-0.2, 0) is 68.5 Å². The Balaban J connectivity index is 1.25. The van der Waals surface area contributed by atoms with Crippen molar-refractivity contribution < 1.29 is 57.1 Å². The molecular weight excluding hydrogens is 949 g/mol. The SMILES string of the molecule is CC(C)(C)OC(=O)Oc1c(C(C)(C)C)cc(CCC(=O)OCCOc2ccc(C(C)(C)c3ccc(OCCOC(=O)CCc4cc(C(C)(C)C)c(OC(=O)OC(C)(C)C)c(C(C)(C)C)c4)cc3)cc2)cc1C(C)(C)C. The van der Waals surface area contributed by atoms with Crippen LogP contribution in [0.2, 0.25) is 0 Å². The summed E-state index contributed by atoms with van der Waals surface area (Å²) in [4.78, 5) is 51.5. The monoisotopic (exact) mass is 1040 g/mol. The molecule has 0 atom stereocenters. The van der Waals surface area contributed by atoms with Gasteiger partial charge in [0.15, 0.2) is 0 Å². The van der Waals surface area contributed by atoms with Crippen molar-refractivity contribution in [3.05, 3.63) is 117 Å². The van der Waals surface area contributed by atoms with Gasteiger partial charge in [0.25, 0.3) is 0 Å². The molecule has 0 aromatic heterocycles. The molecule has 0 saturated carbocycles. The zero-order valence-electron chi connectivity index (χ0n) is 49.0. The third kappa shape index (κ3) is 19.2. The Morgan fingerprint density at radius 2 is 0.667 bits per heavy atom. The molecule has 0 spiro atoms. The first-order valence-corrected chi connectivity index (χ1v) is 26.3. The molecule has 12 heteroatoms. The summed E-state index contributed by atoms with van der Waals surface area (Å²) >= 11 is 0. The summed E-state index contributed by atoms with van der Waals surface area (Å²) in [6, 6.07) is 23.8. The highest BCUT2D eigenvalue weighted by molar-refractivity contribution is 5.71. The molecule has 4 aromatic rings. The van der Waals surface area contributed by atoms with Crippen LogP contribution in [0.5, 0.6) is 23.0 Å². The van der Waals surface area contributed by atoms with E-state index in [2.05, 4.69) is 96.9 Å². The van der Waals surface area contributed by atoms with Gasteiger partial charge in [-0.1, -0.05) is 145 Å². The van der Waals surface area contributed by atoms with Crippen LogP contribution in [0.1, 0.15) is 196 Å². The van der Waals surface area contributed by atoms with Crippen LogP contribution in [0.4, 0.5) is 9.59 Å². The minimum absolute atomic E-state index is 0.107. The van der Waals surface area contributed by atoms with Crippen LogP contribution in [-0.4, -0.2) is 61.9 Å². The van der Waals surface area contributed by atoms with E-state index in [1.807, 2.05) is 72.8 Å². The van der Waals surface area contributed by atoms with Crippen LogP contribution in [0.3, 0.4) is 0 Å². The highest BCUT2D eigenvalue weighted by Gasteiger charge is 2.33. The predicted octanol–water partition coefficient (Wildman–Crippen LogP) is 14.9. The van der Waals surface area contributed by atoms with Gasteiger partial charge in [-0.2, -0.15) is 0 Å². The van der Waals surface area contributed by atoms with Gasteiger partial charge in [-0.3, -0.25) is 9.59 Å². The summed E-state index contributed by atoms with van der Waals surface area (Å²) in [5.41, 5.74) is 4.35. The van der Waals surface area contributed by atoms with E-state index in [0.29, 0.717) is 35.8 Å². The van der Waals surface area contributed by atoms with E-state index in [9.17, 15) is 19.2 Å². The molecule has 0 amide bonds. The van der Waals surface area contributed by atoms with E-state index in [0.717, 1.165) is 44.5 Å². The largest absolute Gasteiger partial charge is 0.514 e. The number of hydrogen-bond acceptors (Lipinski definition) is 12. The highest BCUT2D eigenvalue weighted by atomic mass is 16.7. The maximum atomic E-state index is 12.9. The third-order valence-corrected chi connectivity index (χ3v) is 12.3. The van der Waals surface area contributed by atoms with Crippen LogP contribution in [0.25, 0.3) is 0 Å². The topological polar surface area (TPSA) is 142 Å². The van der Waals surface area contributed by atoms with Crippen molar-refractivity contribution in [2.45, 2.75) is 202 Å². The number of aryl methyl sites for hydroxylation is 2. The number of ether oxygens (including phenoxy) is 8. The van der Waals surface area contributed by atoms with Crippen molar-refractivity contribution in [3.63, 3.8) is 0 Å². The summed E-state index contributed by atoms with van der Waals surface area (Å²) in [6.45, 7) is 40.5. The van der Waals surface area contributed by atoms with Gasteiger partial charge in [-0.05, 0) is 123 Å². The van der Waals surface area contributed by atoms with Crippen molar-refractivity contribution in [2.24, 2.45) is 0 Å². The minimum atomic E-state index is -0.753. The molecule has 4 aromatic carbocycles. The first kappa shape index (κ1) is 61.5. The molecule has 0 heterocycles. The lowest BCUT2D eigenvalue weighted by Gasteiger charge is -2.30. The van der Waals surface area contributed by atoms with Crippen molar-refractivity contribution in [3.8, 4) is 23.0 Å². The molecule has 0 aliphatic heterocycles. The number of rotatable bonds is 18. The molecule has 412 valence electrons. The van der Waals surface area contributed by atoms with E-state index < -0.39 is 23.5 Å². The van der Waals surface area contributed by atoms with E-state index in [4.69, 9.17) is 37.9 Å². The fraction of sp³-hybridized carbons (Fsp3) is 0.556. The quantitative estimate of drug-likeness (QED) is 0.0405. The van der Waals surface area contributed by atoms with Crippen LogP contribution in [0.15, 0.2) is 72.8 Å². The smallest absolute Gasteiger partial charge is 0.490 e. The van der Waals surface area contributed by atoms with Gasteiger partial charge in [0.05, 0.1) is 0 Å². The van der Waals surface area contributed by atoms with Gasteiger partial charge in [0.1, 0.15) is 60.6 Å². The molecule has 0 aliphatic rings. The van der Waals surface area contributed by atoms with Crippen molar-refractivity contribution >= 4 is 24.2 Å². The Morgan fingerprint density at radius 1 is 0.387 bits per heavy atom. The third-order valence-electron chi connectivity index (χ3n) is 12.3. The average molecular weight is 1040 g/mol. The molecule has 75 heavy (non-hydrogen) atoms. The van der Waals surface area contributed by atoms with Gasteiger partial charge in [0.2, 0.25) is 0 Å². The van der Waals surface area contributed by atoms with Gasteiger partial charge in [0, 0.05) is 40.5 Å². The summed E-state index contributed by atoms with van der Waals surface area (Å²) in [7, 11) is 0. The predicted molar refractivity (Wildman–Crippen MR) is 296 cm³/mol. The standard InChI is InChI=1S/C63H88O12/c1-57(2,3)47-37-41(38-48(58(4,5)6)53(47)72-55(66)74-61(13,14)15)21-31-51(64)70-35-33-68-45-27-23-43(24-28-45)63(19,20)44-25-29-46(30-26-44)69-34-36-71-52(65)32-22-42-39-49(59(7,8)9)54(50(40-42)60(10,11)12)73-56(67)75-62(16,17)18/h23-30,37-40H,21-22,31-36H2,1-20H3. The molecule has 0 radical (unpaired) electrons. The Labute approximate surface area is 448 Å². The molecule has 0 bridgehead atoms. The number of esters is 2. The summed E-state index contributed by atoms with van der Waals surface area (Å²) in [5, 5.41) is 0. The van der Waals surface area contributed by atoms with E-state index >= 15 is 0 Å². The summed E-state index contributed by atoms with van der Waals surface area (Å²) in [6.07, 6.45) is -0.231. The zero-order chi connectivity index (χ0) is 56.5. The Morgan fingerprint density at radius 3 is 0.920 bits per heavy atom. The van der Waals surface area contributed by atoms with E-state index in [1.54, 1.807) is 41.5 Å². The van der Waals surface area contributed by atoms with Gasteiger partial charge in [-0.15, -0.1) is 0 Å². The summed E-state index contributed by atoms with van der Waals surface area (Å²) in [5.74, 6) is 1.66. The molecular formula is C63H88O12. The first-order chi connectivity index (χ1) is 34.3. The van der Waals surface area contributed by atoms with Crippen LogP contribution in [0, 0.1) is 0 Å². The Hall–Kier alpha value is -6.04. The molecule has 4 rings (SSSR count). The number of carbonyl (C=O) groups is 4. The van der Waals surface area contributed by atoms with Crippen LogP contribution >= 0.6 is 0 Å².